The summed E-state index contributed by atoms with van der Waals surface area (Å²) in [5, 5.41) is 8.94. The second-order valence-electron chi connectivity index (χ2n) is 5.41. The molecular weight excluding hydrogens is 336 g/mol. The lowest BCUT2D eigenvalue weighted by molar-refractivity contribution is -0.116. The molecule has 3 N–H and O–H groups in total. The van der Waals surface area contributed by atoms with Gasteiger partial charge in [-0.15, -0.1) is 11.3 Å². The number of hydrogen-bond acceptors (Lipinski definition) is 4. The number of fused-ring (bicyclic) bond motifs is 1. The molecule has 7 heteroatoms. The van der Waals surface area contributed by atoms with Crippen LogP contribution in [0.2, 0.25) is 0 Å². The number of nitrogens with zero attached hydrogens (tertiary/aromatic N) is 1. The third-order valence-corrected chi connectivity index (χ3v) is 4.63. The smallest absolute Gasteiger partial charge is 0.318 e. The highest BCUT2D eigenvalue weighted by molar-refractivity contribution is 7.18. The van der Waals surface area contributed by atoms with Crippen LogP contribution in [-0.2, 0) is 11.2 Å². The number of carbonyl (C=O) groups is 2. The van der Waals surface area contributed by atoms with E-state index in [9.17, 15) is 9.59 Å². The highest BCUT2D eigenvalue weighted by Gasteiger charge is 2.08. The molecule has 0 bridgehead atoms. The molecule has 0 unspecified atom stereocenters. The first-order chi connectivity index (χ1) is 12.1. The Morgan fingerprint density at radius 2 is 1.80 bits per heavy atom. The molecule has 0 fully saturated rings. The van der Waals surface area contributed by atoms with Crippen LogP contribution in [0.25, 0.3) is 10.2 Å². The molecule has 0 radical (unpaired) electrons. The van der Waals surface area contributed by atoms with Gasteiger partial charge in [0, 0.05) is 31.3 Å². The predicted octanol–water partition coefficient (Wildman–Crippen LogP) is 3.62. The molecule has 0 spiro atoms. The second kappa shape index (κ2) is 7.76. The number of anilines is 2. The molecule has 1 aromatic heterocycles. The minimum Gasteiger partial charge on any atom is -0.341 e. The Morgan fingerprint density at radius 1 is 1.04 bits per heavy atom. The van der Waals surface area contributed by atoms with Crippen LogP contribution in [0.1, 0.15) is 11.4 Å². The van der Waals surface area contributed by atoms with Crippen molar-refractivity contribution in [1.82, 2.24) is 10.3 Å². The number of amides is 3. The number of urea groups is 1. The monoisotopic (exact) mass is 354 g/mol. The Bertz CT molecular complexity index is 874. The zero-order valence-electron chi connectivity index (χ0n) is 13.7. The molecule has 0 aliphatic carbocycles. The van der Waals surface area contributed by atoms with Gasteiger partial charge < -0.3 is 16.0 Å². The lowest BCUT2D eigenvalue weighted by Gasteiger charge is -2.08. The van der Waals surface area contributed by atoms with Crippen molar-refractivity contribution in [1.29, 1.82) is 0 Å². The van der Waals surface area contributed by atoms with E-state index in [1.54, 1.807) is 42.6 Å². The molecule has 0 aliphatic rings. The van der Waals surface area contributed by atoms with Crippen LogP contribution in [0.15, 0.2) is 48.5 Å². The van der Waals surface area contributed by atoms with Crippen molar-refractivity contribution in [3.05, 3.63) is 53.5 Å². The maximum atomic E-state index is 12.2. The quantitative estimate of drug-likeness (QED) is 0.654. The summed E-state index contributed by atoms with van der Waals surface area (Å²) >= 11 is 1.61. The zero-order chi connectivity index (χ0) is 17.6. The number of carbonyl (C=O) groups excluding carboxylic acids is 2. The SMILES string of the molecule is CNC(=O)Nc1cccc(NC(=O)CCc2nc3ccccc3s2)c1. The summed E-state index contributed by atoms with van der Waals surface area (Å²) in [7, 11) is 1.54. The number of aromatic nitrogens is 1. The van der Waals surface area contributed by atoms with E-state index in [-0.39, 0.29) is 11.9 Å². The van der Waals surface area contributed by atoms with Crippen LogP contribution in [0, 0.1) is 0 Å². The topological polar surface area (TPSA) is 83.1 Å². The summed E-state index contributed by atoms with van der Waals surface area (Å²) in [6.07, 6.45) is 0.953. The Morgan fingerprint density at radius 3 is 2.56 bits per heavy atom. The van der Waals surface area contributed by atoms with Crippen LogP contribution < -0.4 is 16.0 Å². The van der Waals surface area contributed by atoms with Gasteiger partial charge in [-0.3, -0.25) is 4.79 Å². The van der Waals surface area contributed by atoms with Gasteiger partial charge in [0.05, 0.1) is 15.2 Å². The lowest BCUT2D eigenvalue weighted by atomic mass is 10.2. The number of benzene rings is 2. The average Bonchev–Trinajstić information content (AvgIpc) is 3.03. The Hall–Kier alpha value is -2.93. The van der Waals surface area contributed by atoms with E-state index >= 15 is 0 Å². The minimum absolute atomic E-state index is 0.0867. The van der Waals surface area contributed by atoms with Gasteiger partial charge in [-0.05, 0) is 30.3 Å². The zero-order valence-corrected chi connectivity index (χ0v) is 14.5. The van der Waals surface area contributed by atoms with Crippen molar-refractivity contribution in [3.63, 3.8) is 0 Å². The van der Waals surface area contributed by atoms with E-state index in [0.717, 1.165) is 15.2 Å². The molecule has 0 saturated carbocycles. The lowest BCUT2D eigenvalue weighted by Crippen LogP contribution is -2.24. The van der Waals surface area contributed by atoms with Gasteiger partial charge in [0.2, 0.25) is 5.91 Å². The molecule has 1 heterocycles. The van der Waals surface area contributed by atoms with Gasteiger partial charge in [0.1, 0.15) is 0 Å². The second-order valence-corrected chi connectivity index (χ2v) is 6.52. The largest absolute Gasteiger partial charge is 0.341 e. The van der Waals surface area contributed by atoms with Crippen molar-refractivity contribution in [2.75, 3.05) is 17.7 Å². The summed E-state index contributed by atoms with van der Waals surface area (Å²) in [5.74, 6) is -0.0867. The highest BCUT2D eigenvalue weighted by Crippen LogP contribution is 2.22. The van der Waals surface area contributed by atoms with E-state index < -0.39 is 0 Å². The fraction of sp³-hybridized carbons (Fsp3) is 0.167. The van der Waals surface area contributed by atoms with Gasteiger partial charge in [-0.1, -0.05) is 18.2 Å². The van der Waals surface area contributed by atoms with Crippen LogP contribution in [0.5, 0.6) is 0 Å². The van der Waals surface area contributed by atoms with Gasteiger partial charge >= 0.3 is 6.03 Å². The normalized spacial score (nSPS) is 10.4. The number of aryl methyl sites for hydroxylation is 1. The first-order valence-electron chi connectivity index (χ1n) is 7.87. The molecule has 3 aromatic rings. The maximum Gasteiger partial charge on any atom is 0.318 e. The molecule has 2 aromatic carbocycles. The van der Waals surface area contributed by atoms with Gasteiger partial charge in [-0.2, -0.15) is 0 Å². The van der Waals surface area contributed by atoms with Gasteiger partial charge in [-0.25, -0.2) is 9.78 Å². The minimum atomic E-state index is -0.306. The van der Waals surface area contributed by atoms with E-state index in [4.69, 9.17) is 0 Å². The number of hydrogen-bond donors (Lipinski definition) is 3. The van der Waals surface area contributed by atoms with Crippen molar-refractivity contribution >= 4 is 44.9 Å². The molecule has 0 atom stereocenters. The number of para-hydroxylation sites is 1. The van der Waals surface area contributed by atoms with Crippen molar-refractivity contribution in [2.45, 2.75) is 12.8 Å². The Labute approximate surface area is 149 Å². The van der Waals surface area contributed by atoms with E-state index in [0.29, 0.717) is 24.2 Å². The third kappa shape index (κ3) is 4.54. The maximum absolute atomic E-state index is 12.2. The number of thiazole rings is 1. The third-order valence-electron chi connectivity index (χ3n) is 3.54. The number of rotatable bonds is 5. The molecule has 3 rings (SSSR count). The predicted molar refractivity (Wildman–Crippen MR) is 101 cm³/mol. The van der Waals surface area contributed by atoms with Crippen molar-refractivity contribution in [2.24, 2.45) is 0 Å². The average molecular weight is 354 g/mol. The summed E-state index contributed by atoms with van der Waals surface area (Å²) in [6, 6.07) is 14.7. The fourth-order valence-electron chi connectivity index (χ4n) is 2.34. The Kier molecular flexibility index (Phi) is 5.25. The summed E-state index contributed by atoms with van der Waals surface area (Å²) < 4.78 is 1.13. The van der Waals surface area contributed by atoms with Gasteiger partial charge in [0.25, 0.3) is 0 Å². The van der Waals surface area contributed by atoms with Gasteiger partial charge in [0.15, 0.2) is 0 Å². The first kappa shape index (κ1) is 16.9. The van der Waals surface area contributed by atoms with E-state index in [2.05, 4.69) is 20.9 Å². The molecule has 128 valence electrons. The van der Waals surface area contributed by atoms with E-state index in [1.807, 2.05) is 24.3 Å². The molecule has 0 aliphatic heterocycles. The highest BCUT2D eigenvalue weighted by atomic mass is 32.1. The summed E-state index contributed by atoms with van der Waals surface area (Å²) in [5.41, 5.74) is 2.22. The standard InChI is InChI=1S/C18H18N4O2S/c1-19-18(24)21-13-6-4-5-12(11-13)20-16(23)9-10-17-22-14-7-2-3-8-15(14)25-17/h2-8,11H,9-10H2,1H3,(H,20,23)(H2,19,21,24). The summed E-state index contributed by atoms with van der Waals surface area (Å²) in [4.78, 5) is 28.0. The molecule has 3 amide bonds. The molecule has 25 heavy (non-hydrogen) atoms. The molecule has 0 saturated heterocycles. The fourth-order valence-corrected chi connectivity index (χ4v) is 3.31. The van der Waals surface area contributed by atoms with Crippen LogP contribution in [-0.4, -0.2) is 24.0 Å². The Balaban J connectivity index is 1.57. The van der Waals surface area contributed by atoms with Crippen LogP contribution >= 0.6 is 11.3 Å². The van der Waals surface area contributed by atoms with Crippen LogP contribution in [0.4, 0.5) is 16.2 Å². The molecular formula is C18H18N4O2S. The van der Waals surface area contributed by atoms with E-state index in [1.165, 1.54) is 0 Å². The van der Waals surface area contributed by atoms with Crippen molar-refractivity contribution in [3.8, 4) is 0 Å². The summed E-state index contributed by atoms with van der Waals surface area (Å²) in [6.45, 7) is 0. The number of nitrogens with one attached hydrogen (secondary N) is 3. The van der Waals surface area contributed by atoms with Crippen LogP contribution in [0.3, 0.4) is 0 Å². The first-order valence-corrected chi connectivity index (χ1v) is 8.69. The molecule has 6 nitrogen and oxygen atoms in total. The van der Waals surface area contributed by atoms with Crippen molar-refractivity contribution < 1.29 is 9.59 Å².